The molecule has 0 amide bonds. The average Bonchev–Trinajstić information content (AvgIpc) is 3.05. The van der Waals surface area contributed by atoms with Crippen molar-refractivity contribution in [2.75, 3.05) is 38.9 Å². The summed E-state index contributed by atoms with van der Waals surface area (Å²) in [5.74, 6) is -3.33. The fraction of sp³-hybridized carbons (Fsp3) is 0.722. The monoisotopic (exact) mass is 465 g/mol. The number of hydrogen-bond donors (Lipinski definition) is 7. The fourth-order valence-corrected chi connectivity index (χ4v) is 4.29. The van der Waals surface area contributed by atoms with E-state index in [-0.39, 0.29) is 18.5 Å². The molecule has 2 aliphatic rings. The summed E-state index contributed by atoms with van der Waals surface area (Å²) < 4.78 is 10.6. The number of carboxylic acids is 3. The van der Waals surface area contributed by atoms with Crippen molar-refractivity contribution in [3.63, 3.8) is 0 Å². The molecule has 0 aromatic carbocycles. The number of rotatable bonds is 9. The molecule has 4 atom stereocenters. The van der Waals surface area contributed by atoms with E-state index in [9.17, 15) is 18.9 Å². The van der Waals surface area contributed by atoms with E-state index in [1.165, 1.54) is 0 Å². The molecule has 2 aliphatic heterocycles. The van der Waals surface area contributed by atoms with Gasteiger partial charge < -0.3 is 35.7 Å². The summed E-state index contributed by atoms with van der Waals surface area (Å²) in [6, 6.07) is -1.35. The highest BCUT2D eigenvalue weighted by Gasteiger charge is 2.41. The summed E-state index contributed by atoms with van der Waals surface area (Å²) >= 11 is 0. The number of carbonyl (C=O) groups is 3. The van der Waals surface area contributed by atoms with Crippen molar-refractivity contribution in [2.24, 2.45) is 11.8 Å². The van der Waals surface area contributed by atoms with Crippen LogP contribution in [-0.2, 0) is 18.9 Å². The Balaban J connectivity index is 0.000000311. The molecule has 0 aromatic rings. The number of carboxylic acid groups (broad SMARTS) is 3. The molecule has 7 N–H and O–H groups in total. The molecular formula is C18H32N3O9P. The zero-order chi connectivity index (χ0) is 23.8. The lowest BCUT2D eigenvalue weighted by Crippen LogP contribution is -2.54. The van der Waals surface area contributed by atoms with E-state index in [0.717, 1.165) is 5.57 Å². The van der Waals surface area contributed by atoms with Gasteiger partial charge in [0.25, 0.3) is 0 Å². The molecule has 178 valence electrons. The van der Waals surface area contributed by atoms with Crippen LogP contribution in [0.15, 0.2) is 12.2 Å². The number of nitrogens with one attached hydrogen (secondary N) is 2. The third-order valence-electron chi connectivity index (χ3n) is 5.29. The lowest BCUT2D eigenvalue weighted by atomic mass is 9.84. The number of nitrogens with zero attached hydrogens (tertiary/aromatic N) is 1. The van der Waals surface area contributed by atoms with Crippen molar-refractivity contribution in [2.45, 2.75) is 31.8 Å². The van der Waals surface area contributed by atoms with E-state index in [0.29, 0.717) is 39.1 Å². The number of aliphatic carboxylic acids is 3. The molecule has 0 aromatic heterocycles. The zero-order valence-corrected chi connectivity index (χ0v) is 18.3. The molecule has 12 nitrogen and oxygen atoms in total. The van der Waals surface area contributed by atoms with Gasteiger partial charge in [0, 0.05) is 32.1 Å². The smallest absolute Gasteiger partial charge is 0.325 e. The van der Waals surface area contributed by atoms with Crippen molar-refractivity contribution in [3.05, 3.63) is 12.2 Å². The van der Waals surface area contributed by atoms with Crippen LogP contribution in [0.3, 0.4) is 0 Å². The van der Waals surface area contributed by atoms with E-state index in [2.05, 4.69) is 17.2 Å². The lowest BCUT2D eigenvalue weighted by Gasteiger charge is -2.31. The van der Waals surface area contributed by atoms with Gasteiger partial charge in [-0.3, -0.25) is 23.8 Å². The molecule has 0 saturated carbocycles. The molecule has 2 saturated heterocycles. The molecule has 2 fully saturated rings. The topological polar surface area (TPSA) is 197 Å². The molecule has 0 radical (unpaired) electrons. The fourth-order valence-electron chi connectivity index (χ4n) is 3.74. The maximum atomic E-state index is 10.9. The first kappa shape index (κ1) is 27.2. The van der Waals surface area contributed by atoms with Crippen LogP contribution in [0.25, 0.3) is 0 Å². The molecular weight excluding hydrogens is 433 g/mol. The van der Waals surface area contributed by atoms with Gasteiger partial charge in [-0.15, -0.1) is 0 Å². The van der Waals surface area contributed by atoms with E-state index in [4.69, 9.17) is 25.1 Å². The van der Waals surface area contributed by atoms with E-state index in [1.807, 2.05) is 4.90 Å². The second-order valence-corrected chi connectivity index (χ2v) is 9.60. The molecule has 1 unspecified atom stereocenters. The van der Waals surface area contributed by atoms with Crippen LogP contribution in [0.1, 0.15) is 19.8 Å². The van der Waals surface area contributed by atoms with Crippen molar-refractivity contribution < 1.29 is 44.1 Å². The van der Waals surface area contributed by atoms with E-state index in [1.54, 1.807) is 6.92 Å². The Bertz CT molecular complexity index is 689. The quantitative estimate of drug-likeness (QED) is 0.166. The van der Waals surface area contributed by atoms with Crippen LogP contribution in [0.5, 0.6) is 0 Å². The van der Waals surface area contributed by atoms with Crippen molar-refractivity contribution >= 4 is 25.5 Å². The Labute approximate surface area is 180 Å². The molecule has 0 spiro atoms. The predicted octanol–water partition coefficient (Wildman–Crippen LogP) is -0.761. The van der Waals surface area contributed by atoms with Crippen molar-refractivity contribution in [1.82, 2.24) is 15.5 Å². The lowest BCUT2D eigenvalue weighted by molar-refractivity contribution is -0.143. The summed E-state index contributed by atoms with van der Waals surface area (Å²) in [5, 5.41) is 32.1. The van der Waals surface area contributed by atoms with Crippen molar-refractivity contribution in [3.8, 4) is 0 Å². The van der Waals surface area contributed by atoms with Gasteiger partial charge in [0.1, 0.15) is 12.1 Å². The first-order valence-electron chi connectivity index (χ1n) is 9.88. The summed E-state index contributed by atoms with van der Waals surface area (Å²) in [6.45, 7) is 8.26. The van der Waals surface area contributed by atoms with E-state index < -0.39 is 43.5 Å². The standard InChI is InChI=1S/C10H15NO4.C8H17N2O5P/c1-5(2)7-4-11-9(10(14)15)6(7)3-8(12)13;11-8(12)7-6-10(4-2-9-7)3-1-5-16(13,14)15/h6-7,9,11H,1,3-4H2,2H3,(H,12,13)(H,14,15);7,9H,1-6H2,(H,11,12)(H2,13,14,15)/t6-,7+,9-;/m0./s1. The summed E-state index contributed by atoms with van der Waals surface area (Å²) in [5.41, 5.74) is 0.831. The second kappa shape index (κ2) is 12.3. The second-order valence-electron chi connectivity index (χ2n) is 7.83. The number of piperazine rings is 1. The van der Waals surface area contributed by atoms with Gasteiger partial charge in [-0.05, 0) is 25.8 Å². The summed E-state index contributed by atoms with van der Waals surface area (Å²) in [7, 11) is -3.93. The summed E-state index contributed by atoms with van der Waals surface area (Å²) in [4.78, 5) is 51.5. The highest BCUT2D eigenvalue weighted by Crippen LogP contribution is 2.34. The Morgan fingerprint density at radius 3 is 2.26 bits per heavy atom. The third kappa shape index (κ3) is 9.90. The summed E-state index contributed by atoms with van der Waals surface area (Å²) in [6.07, 6.45) is 0.104. The van der Waals surface area contributed by atoms with Gasteiger partial charge in [0.05, 0.1) is 12.6 Å². The molecule has 0 bridgehead atoms. The SMILES string of the molecule is C=C(C)[C@H]1CN[C@H](C(=O)O)[C@H]1CC(=O)O.O=C(O)C1CN(CCCP(=O)(O)O)CCN1. The first-order chi connectivity index (χ1) is 14.3. The normalized spacial score (nSPS) is 26.5. The van der Waals surface area contributed by atoms with Crippen LogP contribution >= 0.6 is 7.60 Å². The van der Waals surface area contributed by atoms with Crippen LogP contribution in [-0.4, -0.2) is 98.9 Å². The molecule has 2 heterocycles. The van der Waals surface area contributed by atoms with Gasteiger partial charge in [-0.25, -0.2) is 0 Å². The maximum absolute atomic E-state index is 10.9. The minimum atomic E-state index is -3.93. The zero-order valence-electron chi connectivity index (χ0n) is 17.4. The van der Waals surface area contributed by atoms with Crippen LogP contribution in [0.4, 0.5) is 0 Å². The van der Waals surface area contributed by atoms with E-state index >= 15 is 0 Å². The Morgan fingerprint density at radius 1 is 1.13 bits per heavy atom. The maximum Gasteiger partial charge on any atom is 0.325 e. The largest absolute Gasteiger partial charge is 0.481 e. The van der Waals surface area contributed by atoms with Gasteiger partial charge in [0.2, 0.25) is 0 Å². The van der Waals surface area contributed by atoms with Crippen LogP contribution in [0, 0.1) is 11.8 Å². The minimum absolute atomic E-state index is 0.0674. The Hall–Kier alpha value is -1.82. The van der Waals surface area contributed by atoms with Gasteiger partial charge in [-0.1, -0.05) is 12.2 Å². The first-order valence-corrected chi connectivity index (χ1v) is 11.7. The Morgan fingerprint density at radius 2 is 1.77 bits per heavy atom. The minimum Gasteiger partial charge on any atom is -0.481 e. The van der Waals surface area contributed by atoms with Gasteiger partial charge in [0.15, 0.2) is 0 Å². The molecule has 2 rings (SSSR count). The molecule has 0 aliphatic carbocycles. The highest BCUT2D eigenvalue weighted by molar-refractivity contribution is 7.51. The molecule has 13 heteroatoms. The Kier molecular flexibility index (Phi) is 10.8. The van der Waals surface area contributed by atoms with Crippen LogP contribution < -0.4 is 10.6 Å². The molecule has 31 heavy (non-hydrogen) atoms. The predicted molar refractivity (Wildman–Crippen MR) is 111 cm³/mol. The van der Waals surface area contributed by atoms with Crippen LogP contribution in [0.2, 0.25) is 0 Å². The highest BCUT2D eigenvalue weighted by atomic mass is 31.2. The van der Waals surface area contributed by atoms with Crippen molar-refractivity contribution in [1.29, 1.82) is 0 Å². The number of hydrogen-bond acceptors (Lipinski definition) is 7. The van der Waals surface area contributed by atoms with Gasteiger partial charge >= 0.3 is 25.5 Å². The third-order valence-corrected chi connectivity index (χ3v) is 6.19. The van der Waals surface area contributed by atoms with Gasteiger partial charge in [-0.2, -0.15) is 0 Å². The average molecular weight is 465 g/mol.